The number of carbonyl (C=O) groups is 1. The second kappa shape index (κ2) is 8.45. The van der Waals surface area contributed by atoms with E-state index in [1.165, 1.54) is 30.5 Å². The summed E-state index contributed by atoms with van der Waals surface area (Å²) in [5, 5.41) is 11.4. The van der Waals surface area contributed by atoms with Gasteiger partial charge in [0.05, 0.1) is 18.8 Å². The molecule has 1 unspecified atom stereocenters. The molecule has 3 N–H and O–H groups in total. The molecule has 0 radical (unpaired) electrons. The first kappa shape index (κ1) is 19.3. The van der Waals surface area contributed by atoms with Gasteiger partial charge in [0.15, 0.2) is 0 Å². The molecule has 2 atom stereocenters. The zero-order valence-electron chi connectivity index (χ0n) is 15.1. The van der Waals surface area contributed by atoms with Crippen LogP contribution >= 0.6 is 0 Å². The Bertz CT molecular complexity index is 940. The van der Waals surface area contributed by atoms with Gasteiger partial charge in [0.1, 0.15) is 29.4 Å². The highest BCUT2D eigenvalue weighted by Gasteiger charge is 2.26. The number of nitrogens with zero attached hydrogens (tertiary/aromatic N) is 3. The molecule has 0 bridgehead atoms. The number of ether oxygens (including phenoxy) is 2. The average molecular weight is 383 g/mol. The average Bonchev–Trinajstić information content (AvgIpc) is 3.09. The van der Waals surface area contributed by atoms with Crippen LogP contribution in [0, 0.1) is 23.1 Å². The highest BCUT2D eigenvalue weighted by atomic mass is 19.1. The van der Waals surface area contributed by atoms with Crippen molar-refractivity contribution in [2.45, 2.75) is 13.0 Å². The summed E-state index contributed by atoms with van der Waals surface area (Å²) >= 11 is 0. The number of aromatic nitrogens is 1. The van der Waals surface area contributed by atoms with Crippen LogP contribution in [0.15, 0.2) is 41.5 Å². The van der Waals surface area contributed by atoms with Gasteiger partial charge >= 0.3 is 0 Å². The van der Waals surface area contributed by atoms with E-state index in [0.29, 0.717) is 24.5 Å². The zero-order valence-corrected chi connectivity index (χ0v) is 15.1. The topological polar surface area (TPSA) is 123 Å². The monoisotopic (exact) mass is 383 g/mol. The molecule has 2 heterocycles. The third-order valence-corrected chi connectivity index (χ3v) is 4.13. The maximum absolute atomic E-state index is 14.1. The Morgan fingerprint density at radius 1 is 1.43 bits per heavy atom. The number of amidine groups is 1. The van der Waals surface area contributed by atoms with Gasteiger partial charge in [0, 0.05) is 17.8 Å². The lowest BCUT2D eigenvalue weighted by Crippen LogP contribution is -2.28. The van der Waals surface area contributed by atoms with Crippen LogP contribution in [0.4, 0.5) is 15.8 Å². The standard InChI is InChI=1S/C19H18FN5O3/c1-11-9-27-10-17(11)28-19(22)25-16-6-13(3-4-14(16)20)24-18(26)15-5-2-12(7-21)8-23-15/h2-6,8,11,17H,9-10H2,1H3,(H2,22,25)(H,24,26)/t11-,17?/m0/s1. The van der Waals surface area contributed by atoms with Gasteiger partial charge in [0.25, 0.3) is 11.9 Å². The van der Waals surface area contributed by atoms with Gasteiger partial charge < -0.3 is 20.5 Å². The lowest BCUT2D eigenvalue weighted by atomic mass is 10.1. The number of nitrogens with one attached hydrogen (secondary N) is 1. The van der Waals surface area contributed by atoms with Crippen molar-refractivity contribution in [2.75, 3.05) is 18.5 Å². The zero-order chi connectivity index (χ0) is 20.1. The fraction of sp³-hybridized carbons (Fsp3) is 0.263. The van der Waals surface area contributed by atoms with Crippen LogP contribution in [0.5, 0.6) is 0 Å². The number of nitrogens with two attached hydrogens (primary N) is 1. The van der Waals surface area contributed by atoms with Crippen LogP contribution in [0.2, 0.25) is 0 Å². The van der Waals surface area contributed by atoms with Crippen molar-refractivity contribution in [3.8, 4) is 6.07 Å². The lowest BCUT2D eigenvalue weighted by Gasteiger charge is -2.15. The molecule has 1 aliphatic heterocycles. The summed E-state index contributed by atoms with van der Waals surface area (Å²) in [5.41, 5.74) is 6.46. The number of hydrogen-bond acceptors (Lipinski definition) is 6. The van der Waals surface area contributed by atoms with Crippen molar-refractivity contribution in [1.29, 1.82) is 5.26 Å². The van der Waals surface area contributed by atoms with Crippen LogP contribution < -0.4 is 11.1 Å². The summed E-state index contributed by atoms with van der Waals surface area (Å²) in [6, 6.07) is 8.53. The van der Waals surface area contributed by atoms with E-state index in [1.807, 2.05) is 13.0 Å². The van der Waals surface area contributed by atoms with E-state index >= 15 is 0 Å². The van der Waals surface area contributed by atoms with Gasteiger partial charge in [-0.05, 0) is 30.3 Å². The molecule has 1 saturated heterocycles. The Morgan fingerprint density at radius 2 is 2.25 bits per heavy atom. The Hall–Kier alpha value is -3.51. The molecule has 0 aliphatic carbocycles. The fourth-order valence-corrected chi connectivity index (χ4v) is 2.56. The molecular formula is C19H18FN5O3. The van der Waals surface area contributed by atoms with E-state index in [-0.39, 0.29) is 29.4 Å². The molecule has 8 nitrogen and oxygen atoms in total. The summed E-state index contributed by atoms with van der Waals surface area (Å²) in [5.74, 6) is -0.965. The second-order valence-electron chi connectivity index (χ2n) is 6.29. The Balaban J connectivity index is 1.72. The van der Waals surface area contributed by atoms with Crippen LogP contribution in [0.3, 0.4) is 0 Å². The number of halogens is 1. The molecule has 2 aromatic rings. The molecule has 28 heavy (non-hydrogen) atoms. The number of carbonyl (C=O) groups excluding carboxylic acids is 1. The molecule has 1 aromatic heterocycles. The first-order chi connectivity index (χ1) is 13.5. The van der Waals surface area contributed by atoms with Crippen molar-refractivity contribution in [1.82, 2.24) is 4.98 Å². The summed E-state index contributed by atoms with van der Waals surface area (Å²) in [4.78, 5) is 20.1. The summed E-state index contributed by atoms with van der Waals surface area (Å²) in [6.07, 6.45) is 1.05. The Kier molecular flexibility index (Phi) is 5.81. The van der Waals surface area contributed by atoms with Crippen molar-refractivity contribution < 1.29 is 18.7 Å². The van der Waals surface area contributed by atoms with E-state index in [2.05, 4.69) is 15.3 Å². The fourth-order valence-electron chi connectivity index (χ4n) is 2.56. The minimum absolute atomic E-state index is 0.0744. The van der Waals surface area contributed by atoms with Gasteiger partial charge in [-0.2, -0.15) is 10.3 Å². The van der Waals surface area contributed by atoms with Crippen LogP contribution in [0.1, 0.15) is 23.0 Å². The summed E-state index contributed by atoms with van der Waals surface area (Å²) in [6.45, 7) is 2.92. The smallest absolute Gasteiger partial charge is 0.287 e. The number of amides is 1. The molecule has 144 valence electrons. The number of nitriles is 1. The van der Waals surface area contributed by atoms with Crippen LogP contribution in [-0.4, -0.2) is 36.2 Å². The van der Waals surface area contributed by atoms with Gasteiger partial charge in [-0.15, -0.1) is 0 Å². The maximum Gasteiger partial charge on any atom is 0.287 e. The van der Waals surface area contributed by atoms with Gasteiger partial charge in [0.2, 0.25) is 0 Å². The van der Waals surface area contributed by atoms with Gasteiger partial charge in [-0.1, -0.05) is 6.92 Å². The third-order valence-electron chi connectivity index (χ3n) is 4.13. The van der Waals surface area contributed by atoms with E-state index in [1.54, 1.807) is 0 Å². The van der Waals surface area contributed by atoms with Crippen molar-refractivity contribution >= 4 is 23.3 Å². The molecule has 1 aromatic carbocycles. The number of rotatable bonds is 4. The van der Waals surface area contributed by atoms with Crippen molar-refractivity contribution in [3.63, 3.8) is 0 Å². The highest BCUT2D eigenvalue weighted by molar-refractivity contribution is 6.03. The molecule has 1 fully saturated rings. The lowest BCUT2D eigenvalue weighted by molar-refractivity contribution is 0.102. The molecule has 0 spiro atoms. The molecular weight excluding hydrogens is 365 g/mol. The Labute approximate surface area is 160 Å². The first-order valence-corrected chi connectivity index (χ1v) is 8.52. The van der Waals surface area contributed by atoms with Crippen molar-refractivity contribution in [2.24, 2.45) is 16.6 Å². The minimum atomic E-state index is -0.614. The largest absolute Gasteiger partial charge is 0.459 e. The first-order valence-electron chi connectivity index (χ1n) is 8.52. The number of anilines is 1. The van der Waals surface area contributed by atoms with E-state index in [9.17, 15) is 9.18 Å². The Morgan fingerprint density at radius 3 is 2.89 bits per heavy atom. The quantitative estimate of drug-likeness (QED) is 0.617. The summed E-state index contributed by atoms with van der Waals surface area (Å²) in [7, 11) is 0. The van der Waals surface area contributed by atoms with Gasteiger partial charge in [-0.3, -0.25) is 4.79 Å². The summed E-state index contributed by atoms with van der Waals surface area (Å²) < 4.78 is 24.9. The molecule has 9 heteroatoms. The van der Waals surface area contributed by atoms with Gasteiger partial charge in [-0.25, -0.2) is 9.37 Å². The molecule has 3 rings (SSSR count). The molecule has 1 aliphatic rings. The molecule has 1 amide bonds. The van der Waals surface area contributed by atoms with E-state index in [4.69, 9.17) is 20.5 Å². The maximum atomic E-state index is 14.1. The second-order valence-corrected chi connectivity index (χ2v) is 6.29. The van der Waals surface area contributed by atoms with Crippen molar-refractivity contribution in [3.05, 3.63) is 53.6 Å². The number of hydrogen-bond donors (Lipinski definition) is 2. The number of benzene rings is 1. The van der Waals surface area contributed by atoms with E-state index in [0.717, 1.165) is 6.07 Å². The predicted molar refractivity (Wildman–Crippen MR) is 99.4 cm³/mol. The van der Waals surface area contributed by atoms with E-state index < -0.39 is 11.7 Å². The third kappa shape index (κ3) is 4.61. The van der Waals surface area contributed by atoms with Crippen LogP contribution in [0.25, 0.3) is 0 Å². The SMILES string of the molecule is C[C@H]1COCC1O/C(N)=N\c1cc(NC(=O)c2ccc(C#N)cn2)ccc1F. The normalized spacial score (nSPS) is 19.1. The number of pyridine rings is 1. The number of aliphatic imine (C=N–C) groups is 1. The van der Waals surface area contributed by atoms with Crippen LogP contribution in [-0.2, 0) is 9.47 Å². The highest BCUT2D eigenvalue weighted by Crippen LogP contribution is 2.24. The predicted octanol–water partition coefficient (Wildman–Crippen LogP) is 2.34. The minimum Gasteiger partial charge on any atom is -0.459 e. The molecule has 0 saturated carbocycles.